The van der Waals surface area contributed by atoms with Gasteiger partial charge in [0.2, 0.25) is 0 Å². The topological polar surface area (TPSA) is 83.0 Å². The van der Waals surface area contributed by atoms with E-state index in [1.54, 1.807) is 0 Å². The highest BCUT2D eigenvalue weighted by molar-refractivity contribution is 7.80. The van der Waals surface area contributed by atoms with E-state index in [1.807, 2.05) is 67.6 Å². The SMILES string of the molecule is C[C@@H](NC(=S)NNC(=O)c1cnn2c1N[C@H](c1ccccc1)C[C@@H]2C(F)F)c1ccccc1. The third kappa shape index (κ3) is 5.11. The summed E-state index contributed by atoms with van der Waals surface area (Å²) in [5.74, 6) is -0.293. The van der Waals surface area contributed by atoms with Crippen LogP contribution in [0.2, 0.25) is 0 Å². The van der Waals surface area contributed by atoms with Gasteiger partial charge in [0.25, 0.3) is 12.3 Å². The van der Waals surface area contributed by atoms with Crippen molar-refractivity contribution in [2.75, 3.05) is 5.32 Å². The average molecular weight is 471 g/mol. The Morgan fingerprint density at radius 2 is 1.79 bits per heavy atom. The highest BCUT2D eigenvalue weighted by Crippen LogP contribution is 2.39. The number of halogens is 2. The van der Waals surface area contributed by atoms with Crippen LogP contribution in [0.25, 0.3) is 0 Å². The molecular formula is C23H24F2N6OS. The Labute approximate surface area is 195 Å². The van der Waals surface area contributed by atoms with E-state index in [1.165, 1.54) is 10.9 Å². The van der Waals surface area contributed by atoms with Gasteiger partial charge in [-0.05, 0) is 36.7 Å². The third-order valence-corrected chi connectivity index (χ3v) is 5.79. The molecule has 1 aliphatic heterocycles. The fourth-order valence-electron chi connectivity index (χ4n) is 3.84. The largest absolute Gasteiger partial charge is 0.363 e. The molecule has 4 rings (SSSR count). The van der Waals surface area contributed by atoms with Crippen LogP contribution < -0.4 is 21.5 Å². The van der Waals surface area contributed by atoms with Crippen molar-refractivity contribution in [3.8, 4) is 0 Å². The molecule has 0 radical (unpaired) electrons. The number of hydrogen-bond acceptors (Lipinski definition) is 4. The van der Waals surface area contributed by atoms with Gasteiger partial charge < -0.3 is 10.6 Å². The lowest BCUT2D eigenvalue weighted by atomic mass is 9.97. The van der Waals surface area contributed by atoms with E-state index in [0.717, 1.165) is 11.1 Å². The molecular weight excluding hydrogens is 446 g/mol. The van der Waals surface area contributed by atoms with Crippen molar-refractivity contribution in [2.45, 2.75) is 37.9 Å². The summed E-state index contributed by atoms with van der Waals surface area (Å²) in [4.78, 5) is 12.8. The summed E-state index contributed by atoms with van der Waals surface area (Å²) < 4.78 is 28.8. The molecule has 1 aromatic heterocycles. The molecule has 33 heavy (non-hydrogen) atoms. The molecule has 2 heterocycles. The summed E-state index contributed by atoms with van der Waals surface area (Å²) in [6, 6.07) is 17.4. The quantitative estimate of drug-likeness (QED) is 0.332. The third-order valence-electron chi connectivity index (χ3n) is 5.57. The first kappa shape index (κ1) is 22.7. The van der Waals surface area contributed by atoms with Gasteiger partial charge in [-0.1, -0.05) is 60.7 Å². The summed E-state index contributed by atoms with van der Waals surface area (Å²) in [7, 11) is 0. The highest BCUT2D eigenvalue weighted by atomic mass is 32.1. The van der Waals surface area contributed by atoms with Crippen molar-refractivity contribution >= 4 is 29.1 Å². The zero-order valence-electron chi connectivity index (χ0n) is 17.8. The van der Waals surface area contributed by atoms with Crippen molar-refractivity contribution in [1.82, 2.24) is 25.9 Å². The lowest BCUT2D eigenvalue weighted by Gasteiger charge is -2.32. The van der Waals surface area contributed by atoms with E-state index in [-0.39, 0.29) is 35.0 Å². The number of benzene rings is 2. The maximum atomic E-state index is 13.8. The van der Waals surface area contributed by atoms with Gasteiger partial charge in [0.1, 0.15) is 17.4 Å². The van der Waals surface area contributed by atoms with Crippen LogP contribution in [-0.4, -0.2) is 27.2 Å². The fourth-order valence-corrected chi connectivity index (χ4v) is 4.07. The maximum absolute atomic E-state index is 13.8. The van der Waals surface area contributed by atoms with Crippen LogP contribution in [0, 0.1) is 0 Å². The first-order chi connectivity index (χ1) is 15.9. The molecule has 0 fully saturated rings. The molecule has 0 bridgehead atoms. The van der Waals surface area contributed by atoms with Crippen molar-refractivity contribution in [2.24, 2.45) is 0 Å². The smallest absolute Gasteiger partial charge is 0.275 e. The Hall–Kier alpha value is -3.53. The van der Waals surface area contributed by atoms with Crippen LogP contribution in [0.15, 0.2) is 66.9 Å². The predicted molar refractivity (Wildman–Crippen MR) is 126 cm³/mol. The van der Waals surface area contributed by atoms with Crippen molar-refractivity contribution in [3.63, 3.8) is 0 Å². The van der Waals surface area contributed by atoms with Gasteiger partial charge in [-0.2, -0.15) is 5.10 Å². The van der Waals surface area contributed by atoms with Gasteiger partial charge in [-0.25, -0.2) is 13.5 Å². The zero-order chi connectivity index (χ0) is 23.4. The molecule has 7 nitrogen and oxygen atoms in total. The highest BCUT2D eigenvalue weighted by Gasteiger charge is 2.36. The molecule has 0 saturated carbocycles. The number of anilines is 1. The second-order valence-electron chi connectivity index (χ2n) is 7.78. The molecule has 10 heteroatoms. The number of carbonyl (C=O) groups excluding carboxylic acids is 1. The Kier molecular flexibility index (Phi) is 6.83. The van der Waals surface area contributed by atoms with E-state index in [0.29, 0.717) is 0 Å². The minimum Gasteiger partial charge on any atom is -0.363 e. The van der Waals surface area contributed by atoms with E-state index in [4.69, 9.17) is 12.2 Å². The molecule has 3 aromatic rings. The lowest BCUT2D eigenvalue weighted by molar-refractivity contribution is 0.0656. The normalized spacial score (nSPS) is 18.1. The van der Waals surface area contributed by atoms with Gasteiger partial charge in [-0.15, -0.1) is 0 Å². The standard InChI is InChI=1S/C23H24F2N6OS/c1-14(15-8-4-2-5-9-15)27-23(33)30-29-22(32)17-13-26-31-19(20(24)25)12-18(28-21(17)31)16-10-6-3-7-11-16/h2-11,13-14,18-20,28H,12H2,1H3,(H,29,32)(H2,27,30,33)/t14-,18+,19-/m1/s1. The molecule has 0 unspecified atom stereocenters. The van der Waals surface area contributed by atoms with Crippen LogP contribution in [0.3, 0.4) is 0 Å². The molecule has 172 valence electrons. The van der Waals surface area contributed by atoms with E-state index >= 15 is 0 Å². The first-order valence-corrected chi connectivity index (χ1v) is 10.9. The van der Waals surface area contributed by atoms with Crippen LogP contribution in [0.1, 0.15) is 53.0 Å². The van der Waals surface area contributed by atoms with Gasteiger partial charge in [0.05, 0.1) is 18.3 Å². The molecule has 2 aromatic carbocycles. The number of alkyl halides is 2. The van der Waals surface area contributed by atoms with Gasteiger partial charge in [-0.3, -0.25) is 15.6 Å². The summed E-state index contributed by atoms with van der Waals surface area (Å²) in [6.45, 7) is 1.94. The van der Waals surface area contributed by atoms with Crippen molar-refractivity contribution < 1.29 is 13.6 Å². The summed E-state index contributed by atoms with van der Waals surface area (Å²) in [5.41, 5.74) is 7.22. The Balaban J connectivity index is 1.44. The van der Waals surface area contributed by atoms with Crippen molar-refractivity contribution in [3.05, 3.63) is 83.6 Å². The second kappa shape index (κ2) is 9.95. The monoisotopic (exact) mass is 470 g/mol. The molecule has 0 spiro atoms. The van der Waals surface area contributed by atoms with Gasteiger partial charge >= 0.3 is 0 Å². The number of aromatic nitrogens is 2. The van der Waals surface area contributed by atoms with E-state index < -0.39 is 18.4 Å². The minimum absolute atomic E-state index is 0.0768. The number of thiocarbonyl (C=S) groups is 1. The number of hydrazine groups is 1. The van der Waals surface area contributed by atoms with E-state index in [9.17, 15) is 13.6 Å². The first-order valence-electron chi connectivity index (χ1n) is 10.5. The molecule has 0 aliphatic carbocycles. The number of fused-ring (bicyclic) bond motifs is 1. The lowest BCUT2D eigenvalue weighted by Crippen LogP contribution is -2.47. The van der Waals surface area contributed by atoms with Crippen LogP contribution in [0.5, 0.6) is 0 Å². The minimum atomic E-state index is -2.62. The number of carbonyl (C=O) groups is 1. The molecule has 1 aliphatic rings. The van der Waals surface area contributed by atoms with Crippen LogP contribution in [-0.2, 0) is 0 Å². The number of amides is 1. The summed E-state index contributed by atoms with van der Waals surface area (Å²) >= 11 is 5.26. The van der Waals surface area contributed by atoms with Crippen LogP contribution in [0.4, 0.5) is 14.6 Å². The fraction of sp³-hybridized carbons (Fsp3) is 0.261. The molecule has 4 N–H and O–H groups in total. The van der Waals surface area contributed by atoms with Gasteiger partial charge in [0, 0.05) is 0 Å². The van der Waals surface area contributed by atoms with Gasteiger partial charge in [0.15, 0.2) is 5.11 Å². The maximum Gasteiger partial charge on any atom is 0.275 e. The van der Waals surface area contributed by atoms with Crippen molar-refractivity contribution in [1.29, 1.82) is 0 Å². The summed E-state index contributed by atoms with van der Waals surface area (Å²) in [6.07, 6.45) is -1.19. The Bertz CT molecular complexity index is 1110. The van der Waals surface area contributed by atoms with Crippen LogP contribution >= 0.6 is 12.2 Å². The predicted octanol–water partition coefficient (Wildman–Crippen LogP) is 4.12. The molecule has 3 atom stereocenters. The molecule has 0 saturated heterocycles. The number of hydrogen-bond donors (Lipinski definition) is 4. The second-order valence-corrected chi connectivity index (χ2v) is 8.19. The Morgan fingerprint density at radius 1 is 1.12 bits per heavy atom. The number of nitrogens with zero attached hydrogens (tertiary/aromatic N) is 2. The number of nitrogens with one attached hydrogen (secondary N) is 4. The molecule has 1 amide bonds. The number of rotatable bonds is 5. The van der Waals surface area contributed by atoms with E-state index in [2.05, 4.69) is 26.6 Å². The average Bonchev–Trinajstić information content (AvgIpc) is 3.27. The Morgan fingerprint density at radius 3 is 2.45 bits per heavy atom. The zero-order valence-corrected chi connectivity index (χ0v) is 18.7. The summed E-state index contributed by atoms with van der Waals surface area (Å²) in [5, 5.41) is 10.6.